The first kappa shape index (κ1) is 15.4. The predicted octanol–water partition coefficient (Wildman–Crippen LogP) is 2.03. The van der Waals surface area contributed by atoms with Crippen LogP contribution in [-0.2, 0) is 16.6 Å². The van der Waals surface area contributed by atoms with Gasteiger partial charge in [0.15, 0.2) is 0 Å². The summed E-state index contributed by atoms with van der Waals surface area (Å²) >= 11 is 0. The Hall–Kier alpha value is -0.980. The molecule has 20 heavy (non-hydrogen) atoms. The number of benzene rings is 1. The second kappa shape index (κ2) is 6.20. The van der Waals surface area contributed by atoms with Crippen LogP contribution in [0.5, 0.6) is 0 Å². The molecule has 0 aromatic heterocycles. The summed E-state index contributed by atoms with van der Waals surface area (Å²) in [7, 11) is -3.65. The molecule has 2 atom stereocenters. The van der Waals surface area contributed by atoms with Gasteiger partial charge in [-0.2, -0.15) is 0 Å². The van der Waals surface area contributed by atoms with Crippen LogP contribution in [0.15, 0.2) is 23.1 Å². The third-order valence-electron chi connectivity index (χ3n) is 4.07. The molecule has 2 rings (SSSR count). The normalized spacial score (nSPS) is 23.1. The number of nitrogens with one attached hydrogen (secondary N) is 1. The van der Waals surface area contributed by atoms with Crippen molar-refractivity contribution in [2.45, 2.75) is 37.7 Å². The minimum absolute atomic E-state index is 0.00593. The van der Waals surface area contributed by atoms with E-state index >= 15 is 0 Å². The van der Waals surface area contributed by atoms with Gasteiger partial charge in [-0.15, -0.1) is 0 Å². The van der Waals surface area contributed by atoms with Gasteiger partial charge in [0.25, 0.3) is 0 Å². The minimum atomic E-state index is -3.65. The Morgan fingerprint density at radius 2 is 2.15 bits per heavy atom. The highest BCUT2D eigenvalue weighted by Gasteiger charge is 2.25. The van der Waals surface area contributed by atoms with E-state index in [0.29, 0.717) is 18.4 Å². The summed E-state index contributed by atoms with van der Waals surface area (Å²) in [5.74, 6) is 0.289. The van der Waals surface area contributed by atoms with Gasteiger partial charge < -0.3 is 5.11 Å². The van der Waals surface area contributed by atoms with Crippen molar-refractivity contribution in [3.05, 3.63) is 29.6 Å². The number of rotatable bonds is 5. The Labute approximate surface area is 119 Å². The Kier molecular flexibility index (Phi) is 4.78. The maximum atomic E-state index is 13.3. The van der Waals surface area contributed by atoms with Crippen molar-refractivity contribution in [1.82, 2.24) is 4.72 Å². The van der Waals surface area contributed by atoms with E-state index in [4.69, 9.17) is 5.11 Å². The number of hydrogen-bond acceptors (Lipinski definition) is 3. The summed E-state index contributed by atoms with van der Waals surface area (Å²) < 4.78 is 40.2. The van der Waals surface area contributed by atoms with Gasteiger partial charge in [-0.05, 0) is 36.5 Å². The number of aliphatic hydroxyl groups excluding tert-OH is 1. The Balaban J connectivity index is 2.10. The Bertz CT molecular complexity index is 574. The van der Waals surface area contributed by atoms with E-state index < -0.39 is 22.4 Å². The van der Waals surface area contributed by atoms with Gasteiger partial charge in [0.05, 0.1) is 11.5 Å². The van der Waals surface area contributed by atoms with Crippen molar-refractivity contribution in [1.29, 1.82) is 0 Å². The maximum absolute atomic E-state index is 13.3. The molecule has 1 fully saturated rings. The van der Waals surface area contributed by atoms with Crippen LogP contribution < -0.4 is 4.72 Å². The summed E-state index contributed by atoms with van der Waals surface area (Å²) in [6.45, 7) is 2.03. The van der Waals surface area contributed by atoms with E-state index in [9.17, 15) is 12.8 Å². The molecule has 0 spiro atoms. The Morgan fingerprint density at radius 1 is 1.40 bits per heavy atom. The summed E-state index contributed by atoms with van der Waals surface area (Å²) in [4.78, 5) is -0.00593. The second-order valence-electron chi connectivity index (χ2n) is 5.43. The van der Waals surface area contributed by atoms with Gasteiger partial charge in [-0.25, -0.2) is 17.5 Å². The molecule has 1 aliphatic carbocycles. The lowest BCUT2D eigenvalue weighted by Crippen LogP contribution is -2.30. The van der Waals surface area contributed by atoms with Crippen LogP contribution in [0.4, 0.5) is 4.39 Å². The summed E-state index contributed by atoms with van der Waals surface area (Å²) in [6.07, 6.45) is 3.31. The topological polar surface area (TPSA) is 66.4 Å². The average Bonchev–Trinajstić information content (AvgIpc) is 2.82. The monoisotopic (exact) mass is 301 g/mol. The van der Waals surface area contributed by atoms with Crippen molar-refractivity contribution in [2.75, 3.05) is 6.54 Å². The van der Waals surface area contributed by atoms with Gasteiger partial charge >= 0.3 is 0 Å². The number of sulfonamides is 1. The van der Waals surface area contributed by atoms with Gasteiger partial charge in [-0.1, -0.05) is 19.8 Å². The van der Waals surface area contributed by atoms with Crippen molar-refractivity contribution in [3.8, 4) is 0 Å². The molecule has 112 valence electrons. The quantitative estimate of drug-likeness (QED) is 0.874. The van der Waals surface area contributed by atoms with Gasteiger partial charge in [0, 0.05) is 12.1 Å². The molecule has 1 aliphatic rings. The highest BCUT2D eigenvalue weighted by atomic mass is 32.2. The van der Waals surface area contributed by atoms with E-state index in [1.807, 2.05) is 0 Å². The first-order chi connectivity index (χ1) is 9.44. The molecular weight excluding hydrogens is 281 g/mol. The molecule has 1 aromatic rings. The Morgan fingerprint density at radius 3 is 2.75 bits per heavy atom. The molecule has 1 saturated carbocycles. The molecule has 0 saturated heterocycles. The first-order valence-corrected chi connectivity index (χ1v) is 8.31. The van der Waals surface area contributed by atoms with Gasteiger partial charge in [-0.3, -0.25) is 0 Å². The molecule has 6 heteroatoms. The molecule has 2 unspecified atom stereocenters. The van der Waals surface area contributed by atoms with Gasteiger partial charge in [0.1, 0.15) is 5.82 Å². The fourth-order valence-corrected chi connectivity index (χ4v) is 3.81. The average molecular weight is 301 g/mol. The van der Waals surface area contributed by atoms with Crippen molar-refractivity contribution < 1.29 is 17.9 Å². The zero-order valence-corrected chi connectivity index (χ0v) is 12.3. The van der Waals surface area contributed by atoms with E-state index in [0.717, 1.165) is 25.3 Å². The number of halogens is 1. The van der Waals surface area contributed by atoms with Gasteiger partial charge in [0.2, 0.25) is 10.0 Å². The van der Waals surface area contributed by atoms with Crippen LogP contribution in [0.3, 0.4) is 0 Å². The van der Waals surface area contributed by atoms with Crippen molar-refractivity contribution in [3.63, 3.8) is 0 Å². The number of aliphatic hydroxyl groups is 1. The highest BCUT2D eigenvalue weighted by Crippen LogP contribution is 2.30. The third-order valence-corrected chi connectivity index (χ3v) is 5.49. The molecule has 0 aliphatic heterocycles. The predicted molar refractivity (Wildman–Crippen MR) is 74.0 cm³/mol. The fourth-order valence-electron chi connectivity index (χ4n) is 2.66. The molecule has 0 radical (unpaired) electrons. The SMILES string of the molecule is CC1CCCC1CNS(=O)(=O)c1ccc(F)c(CO)c1. The van der Waals surface area contributed by atoms with E-state index in [1.165, 1.54) is 12.1 Å². The second-order valence-corrected chi connectivity index (χ2v) is 7.20. The zero-order valence-electron chi connectivity index (χ0n) is 11.5. The highest BCUT2D eigenvalue weighted by molar-refractivity contribution is 7.89. The minimum Gasteiger partial charge on any atom is -0.392 e. The molecule has 4 nitrogen and oxygen atoms in total. The summed E-state index contributed by atoms with van der Waals surface area (Å²) in [5.41, 5.74) is -0.0119. The van der Waals surface area contributed by atoms with E-state index in [2.05, 4.69) is 11.6 Å². The third kappa shape index (κ3) is 3.37. The molecule has 2 N–H and O–H groups in total. The van der Waals surface area contributed by atoms with Crippen LogP contribution in [0.1, 0.15) is 31.7 Å². The van der Waals surface area contributed by atoms with Crippen LogP contribution >= 0.6 is 0 Å². The molecule has 0 bridgehead atoms. The van der Waals surface area contributed by atoms with E-state index in [-0.39, 0.29) is 10.5 Å². The lowest BCUT2D eigenvalue weighted by molar-refractivity contribution is 0.275. The zero-order chi connectivity index (χ0) is 14.8. The van der Waals surface area contributed by atoms with E-state index in [1.54, 1.807) is 0 Å². The molecule has 0 amide bonds. The fraction of sp³-hybridized carbons (Fsp3) is 0.571. The smallest absolute Gasteiger partial charge is 0.240 e. The largest absolute Gasteiger partial charge is 0.392 e. The van der Waals surface area contributed by atoms with Crippen LogP contribution in [0, 0.1) is 17.7 Å². The molecule has 0 heterocycles. The van der Waals surface area contributed by atoms with Crippen molar-refractivity contribution >= 4 is 10.0 Å². The van der Waals surface area contributed by atoms with Crippen molar-refractivity contribution in [2.24, 2.45) is 11.8 Å². The van der Waals surface area contributed by atoms with Crippen LogP contribution in [-0.4, -0.2) is 20.1 Å². The van der Waals surface area contributed by atoms with Crippen LogP contribution in [0.25, 0.3) is 0 Å². The lowest BCUT2D eigenvalue weighted by Gasteiger charge is -2.16. The van der Waals surface area contributed by atoms with Crippen LogP contribution in [0.2, 0.25) is 0 Å². The number of hydrogen-bond donors (Lipinski definition) is 2. The first-order valence-electron chi connectivity index (χ1n) is 6.83. The lowest BCUT2D eigenvalue weighted by atomic mass is 9.99. The standard InChI is InChI=1S/C14H20FNO3S/c1-10-3-2-4-11(10)8-16-20(18,19)13-5-6-14(15)12(7-13)9-17/h5-7,10-11,16-17H,2-4,8-9H2,1H3. The molecular formula is C14H20FNO3S. The summed E-state index contributed by atoms with van der Waals surface area (Å²) in [6, 6.07) is 3.46. The maximum Gasteiger partial charge on any atom is 0.240 e. The summed E-state index contributed by atoms with van der Waals surface area (Å²) in [5, 5.41) is 8.99. The molecule has 1 aromatic carbocycles.